The molecule has 0 aliphatic rings. The van der Waals surface area contributed by atoms with Crippen LogP contribution in [-0.2, 0) is 21.4 Å². The van der Waals surface area contributed by atoms with Crippen LogP contribution in [0.25, 0.3) is 0 Å². The van der Waals surface area contributed by atoms with Crippen molar-refractivity contribution in [3.8, 4) is 0 Å². The maximum absolute atomic E-state index is 12.6. The van der Waals surface area contributed by atoms with Gasteiger partial charge in [-0.3, -0.25) is 24.3 Å². The molecule has 10 heteroatoms. The highest BCUT2D eigenvalue weighted by Gasteiger charge is 2.16. The predicted molar refractivity (Wildman–Crippen MR) is 111 cm³/mol. The van der Waals surface area contributed by atoms with E-state index in [0.29, 0.717) is 11.4 Å². The number of hydrogen-bond acceptors (Lipinski definition) is 6. The maximum atomic E-state index is 12.6. The Morgan fingerprint density at radius 1 is 1.00 bits per heavy atom. The van der Waals surface area contributed by atoms with Crippen LogP contribution in [0.15, 0.2) is 72.0 Å². The van der Waals surface area contributed by atoms with Gasteiger partial charge in [-0.25, -0.2) is 8.42 Å². The molecule has 9 nitrogen and oxygen atoms in total. The van der Waals surface area contributed by atoms with Crippen LogP contribution in [0.4, 0.5) is 11.4 Å². The second kappa shape index (κ2) is 9.14. The summed E-state index contributed by atoms with van der Waals surface area (Å²) < 4.78 is 27.6. The zero-order valence-electron chi connectivity index (χ0n) is 16.0. The molecular formula is C20H19N5O4S. The van der Waals surface area contributed by atoms with Gasteiger partial charge in [0.25, 0.3) is 15.9 Å². The molecule has 0 bridgehead atoms. The lowest BCUT2D eigenvalue weighted by atomic mass is 10.2. The minimum Gasteiger partial charge on any atom is -0.346 e. The largest absolute Gasteiger partial charge is 0.346 e. The van der Waals surface area contributed by atoms with Gasteiger partial charge < -0.3 is 10.6 Å². The molecule has 2 amide bonds. The average Bonchev–Trinajstić information content (AvgIpc) is 2.72. The second-order valence-electron chi connectivity index (χ2n) is 6.28. The number of sulfonamides is 1. The van der Waals surface area contributed by atoms with Gasteiger partial charge in [0, 0.05) is 25.0 Å². The lowest BCUT2D eigenvalue weighted by Crippen LogP contribution is -2.23. The lowest BCUT2D eigenvalue weighted by molar-refractivity contribution is -0.114. The van der Waals surface area contributed by atoms with Gasteiger partial charge in [-0.2, -0.15) is 0 Å². The topological polar surface area (TPSA) is 130 Å². The fourth-order valence-electron chi connectivity index (χ4n) is 2.53. The summed E-state index contributed by atoms with van der Waals surface area (Å²) in [6.45, 7) is 1.59. The smallest absolute Gasteiger partial charge is 0.261 e. The molecule has 30 heavy (non-hydrogen) atoms. The Labute approximate surface area is 173 Å². The highest BCUT2D eigenvalue weighted by molar-refractivity contribution is 7.92. The van der Waals surface area contributed by atoms with Crippen molar-refractivity contribution in [2.24, 2.45) is 0 Å². The average molecular weight is 425 g/mol. The molecule has 0 fully saturated rings. The normalized spacial score (nSPS) is 10.8. The summed E-state index contributed by atoms with van der Waals surface area (Å²) in [7, 11) is -3.90. The third-order valence-electron chi connectivity index (χ3n) is 3.89. The number of nitrogens with one attached hydrogen (secondary N) is 3. The van der Waals surface area contributed by atoms with E-state index in [1.54, 1.807) is 18.3 Å². The van der Waals surface area contributed by atoms with Gasteiger partial charge in [-0.15, -0.1) is 0 Å². The van der Waals surface area contributed by atoms with Gasteiger partial charge in [0.2, 0.25) is 5.91 Å². The molecule has 0 atom stereocenters. The molecule has 2 aromatic heterocycles. The number of nitrogens with zero attached hydrogens (tertiary/aromatic N) is 2. The number of rotatable bonds is 7. The summed E-state index contributed by atoms with van der Waals surface area (Å²) in [6, 6.07) is 12.5. The Morgan fingerprint density at radius 2 is 1.77 bits per heavy atom. The van der Waals surface area contributed by atoms with Crippen molar-refractivity contribution >= 4 is 33.2 Å². The predicted octanol–water partition coefficient (Wildman–Crippen LogP) is 2.17. The first-order chi connectivity index (χ1) is 14.3. The quantitative estimate of drug-likeness (QED) is 0.532. The Balaban J connectivity index is 1.69. The van der Waals surface area contributed by atoms with Crippen molar-refractivity contribution in [2.45, 2.75) is 18.4 Å². The van der Waals surface area contributed by atoms with Crippen molar-refractivity contribution in [3.63, 3.8) is 0 Å². The summed E-state index contributed by atoms with van der Waals surface area (Å²) in [5.41, 5.74) is 1.52. The lowest BCUT2D eigenvalue weighted by Gasteiger charge is -2.10. The molecule has 0 radical (unpaired) electrons. The Bertz CT molecular complexity index is 1150. The molecule has 3 aromatic rings. The van der Waals surface area contributed by atoms with E-state index in [2.05, 4.69) is 25.3 Å². The van der Waals surface area contributed by atoms with Crippen LogP contribution >= 0.6 is 0 Å². The molecule has 2 heterocycles. The van der Waals surface area contributed by atoms with Gasteiger partial charge >= 0.3 is 0 Å². The van der Waals surface area contributed by atoms with E-state index < -0.39 is 15.9 Å². The van der Waals surface area contributed by atoms with E-state index in [0.717, 1.165) is 0 Å². The van der Waals surface area contributed by atoms with Gasteiger partial charge in [0.05, 0.1) is 34.6 Å². The van der Waals surface area contributed by atoms with E-state index in [1.807, 2.05) is 6.07 Å². The SMILES string of the molecule is CC(=O)Nc1ccc(S(=O)(=O)Nc2cncc(C(=O)NCc3ccccn3)c2)cc1. The molecule has 0 saturated heterocycles. The summed E-state index contributed by atoms with van der Waals surface area (Å²) in [5, 5.41) is 5.27. The van der Waals surface area contributed by atoms with Crippen LogP contribution in [0.3, 0.4) is 0 Å². The Kier molecular flexibility index (Phi) is 6.38. The van der Waals surface area contributed by atoms with Gasteiger partial charge in [-0.05, 0) is 42.5 Å². The van der Waals surface area contributed by atoms with Crippen LogP contribution in [0.2, 0.25) is 0 Å². The number of amides is 2. The zero-order chi connectivity index (χ0) is 21.6. The van der Waals surface area contributed by atoms with Crippen molar-refractivity contribution in [1.29, 1.82) is 0 Å². The third-order valence-corrected chi connectivity index (χ3v) is 5.29. The van der Waals surface area contributed by atoms with E-state index in [9.17, 15) is 18.0 Å². The Hall–Kier alpha value is -3.79. The summed E-state index contributed by atoms with van der Waals surface area (Å²) >= 11 is 0. The Morgan fingerprint density at radius 3 is 2.43 bits per heavy atom. The van der Waals surface area contributed by atoms with E-state index in [1.165, 1.54) is 49.6 Å². The summed E-state index contributed by atoms with van der Waals surface area (Å²) in [5.74, 6) is -0.665. The van der Waals surface area contributed by atoms with Crippen LogP contribution in [-0.4, -0.2) is 30.2 Å². The monoisotopic (exact) mass is 425 g/mol. The van der Waals surface area contributed by atoms with Gasteiger partial charge in [0.15, 0.2) is 0 Å². The maximum Gasteiger partial charge on any atom is 0.261 e. The highest BCUT2D eigenvalue weighted by atomic mass is 32.2. The molecule has 3 N–H and O–H groups in total. The first-order valence-electron chi connectivity index (χ1n) is 8.87. The van der Waals surface area contributed by atoms with Gasteiger partial charge in [0.1, 0.15) is 0 Å². The molecule has 0 unspecified atom stereocenters. The number of pyridine rings is 2. The van der Waals surface area contributed by atoms with Crippen molar-refractivity contribution < 1.29 is 18.0 Å². The number of benzene rings is 1. The van der Waals surface area contributed by atoms with E-state index >= 15 is 0 Å². The number of carbonyl (C=O) groups is 2. The molecule has 0 saturated carbocycles. The standard InChI is InChI=1S/C20H19N5O4S/c1-14(26)24-16-5-7-19(8-6-16)30(28,29)25-18-10-15(11-21-12-18)20(27)23-13-17-4-2-3-9-22-17/h2-12,25H,13H2,1H3,(H,23,27)(H,24,26). The van der Waals surface area contributed by atoms with Crippen molar-refractivity contribution in [2.75, 3.05) is 10.0 Å². The van der Waals surface area contributed by atoms with Gasteiger partial charge in [-0.1, -0.05) is 6.07 Å². The van der Waals surface area contributed by atoms with Crippen molar-refractivity contribution in [3.05, 3.63) is 78.4 Å². The van der Waals surface area contributed by atoms with Crippen LogP contribution in [0, 0.1) is 0 Å². The fraction of sp³-hybridized carbons (Fsp3) is 0.100. The summed E-state index contributed by atoms with van der Waals surface area (Å²) in [4.78, 5) is 31.5. The molecule has 0 spiro atoms. The third kappa shape index (κ3) is 5.61. The molecule has 3 rings (SSSR count). The van der Waals surface area contributed by atoms with Crippen LogP contribution in [0.1, 0.15) is 23.0 Å². The fourth-order valence-corrected chi connectivity index (χ4v) is 3.56. The molecular weight excluding hydrogens is 406 g/mol. The minimum atomic E-state index is -3.90. The molecule has 154 valence electrons. The first-order valence-corrected chi connectivity index (χ1v) is 10.4. The number of hydrogen-bond donors (Lipinski definition) is 3. The van der Waals surface area contributed by atoms with Crippen LogP contribution in [0.5, 0.6) is 0 Å². The number of carbonyl (C=O) groups excluding carboxylic acids is 2. The van der Waals surface area contributed by atoms with E-state index in [-0.39, 0.29) is 28.6 Å². The van der Waals surface area contributed by atoms with E-state index in [4.69, 9.17) is 0 Å². The molecule has 0 aliphatic heterocycles. The zero-order valence-corrected chi connectivity index (χ0v) is 16.8. The van der Waals surface area contributed by atoms with Crippen molar-refractivity contribution in [1.82, 2.24) is 15.3 Å². The number of aromatic nitrogens is 2. The first kappa shape index (κ1) is 20.9. The number of anilines is 2. The minimum absolute atomic E-state index is 0.00149. The second-order valence-corrected chi connectivity index (χ2v) is 7.96. The summed E-state index contributed by atoms with van der Waals surface area (Å²) in [6.07, 6.45) is 4.27. The molecule has 1 aromatic carbocycles. The molecule has 0 aliphatic carbocycles. The van der Waals surface area contributed by atoms with Crippen LogP contribution < -0.4 is 15.4 Å². The highest BCUT2D eigenvalue weighted by Crippen LogP contribution is 2.18.